The van der Waals surface area contributed by atoms with Crippen LogP contribution in [0.2, 0.25) is 5.02 Å². The van der Waals surface area contributed by atoms with Crippen molar-refractivity contribution in [1.29, 1.82) is 0 Å². The van der Waals surface area contributed by atoms with Crippen LogP contribution in [0.1, 0.15) is 23.5 Å². The molecule has 2 aromatic rings. The summed E-state index contributed by atoms with van der Waals surface area (Å²) in [4.78, 5) is 12.5. The summed E-state index contributed by atoms with van der Waals surface area (Å²) in [7, 11) is 0. The number of aromatic nitrogens is 2. The number of aryl methyl sites for hydroxylation is 1. The van der Waals surface area contributed by atoms with Gasteiger partial charge in [0.15, 0.2) is 5.13 Å². The molecule has 0 radical (unpaired) electrons. The zero-order valence-corrected chi connectivity index (χ0v) is 12.4. The van der Waals surface area contributed by atoms with Gasteiger partial charge < -0.3 is 0 Å². The molecule has 2 aromatic heterocycles. The molecule has 0 aliphatic rings. The van der Waals surface area contributed by atoms with Crippen molar-refractivity contribution in [3.05, 3.63) is 39.1 Å². The van der Waals surface area contributed by atoms with Gasteiger partial charge in [-0.2, -0.15) is 14.6 Å². The molecule has 106 valence electrons. The minimum absolute atomic E-state index is 0.298. The maximum absolute atomic E-state index is 12.7. The van der Waals surface area contributed by atoms with Gasteiger partial charge in [0.05, 0.1) is 21.8 Å². The zero-order valence-electron chi connectivity index (χ0n) is 10.8. The molecular weight excluding hydrogens is 303 g/mol. The van der Waals surface area contributed by atoms with Gasteiger partial charge in [0.25, 0.3) is 5.91 Å². The molecule has 20 heavy (non-hydrogen) atoms. The monoisotopic (exact) mass is 314 g/mol. The van der Waals surface area contributed by atoms with Crippen molar-refractivity contribution in [3.8, 4) is 0 Å². The average molecular weight is 315 g/mol. The highest BCUT2D eigenvalue weighted by atomic mass is 35.5. The minimum atomic E-state index is -0.543. The summed E-state index contributed by atoms with van der Waals surface area (Å²) in [5.74, 6) is -0.336. The maximum atomic E-state index is 12.7. The van der Waals surface area contributed by atoms with Crippen molar-refractivity contribution in [2.24, 2.45) is 5.10 Å². The Morgan fingerprint density at radius 1 is 1.65 bits per heavy atom. The molecule has 0 fully saturated rings. The number of hydrogen-bond acceptors (Lipinski definition) is 4. The van der Waals surface area contributed by atoms with E-state index in [1.807, 2.05) is 0 Å². The van der Waals surface area contributed by atoms with Crippen LogP contribution < -0.4 is 5.43 Å². The van der Waals surface area contributed by atoms with Crippen molar-refractivity contribution in [1.82, 2.24) is 15.2 Å². The predicted octanol–water partition coefficient (Wildman–Crippen LogP) is 2.76. The number of halogens is 2. The molecule has 0 saturated heterocycles. The van der Waals surface area contributed by atoms with Gasteiger partial charge in [0.2, 0.25) is 0 Å². The van der Waals surface area contributed by atoms with Crippen LogP contribution in [0.15, 0.2) is 23.4 Å². The Bertz CT molecular complexity index is 632. The molecule has 0 bridgehead atoms. The van der Waals surface area contributed by atoms with Gasteiger partial charge in [-0.3, -0.25) is 9.48 Å². The number of hydrazone groups is 1. The number of thiophene rings is 1. The smallest absolute Gasteiger partial charge is 0.264 e. The third-order valence-electron chi connectivity index (χ3n) is 2.59. The van der Waals surface area contributed by atoms with Gasteiger partial charge in [-0.15, -0.1) is 11.3 Å². The quantitative estimate of drug-likeness (QED) is 0.697. The minimum Gasteiger partial charge on any atom is -0.271 e. The molecule has 0 aliphatic carbocycles. The fourth-order valence-electron chi connectivity index (χ4n) is 1.43. The molecule has 0 aliphatic heterocycles. The highest BCUT2D eigenvalue weighted by Gasteiger charge is 2.16. The lowest BCUT2D eigenvalue weighted by molar-refractivity contribution is -0.124. The molecule has 2 heterocycles. The van der Waals surface area contributed by atoms with Crippen molar-refractivity contribution in [2.75, 3.05) is 0 Å². The first-order valence-corrected chi connectivity index (χ1v) is 6.96. The van der Waals surface area contributed by atoms with E-state index in [0.29, 0.717) is 15.6 Å². The highest BCUT2D eigenvalue weighted by Crippen LogP contribution is 2.16. The number of nitrogens with zero attached hydrogens (tertiary/aromatic N) is 3. The van der Waals surface area contributed by atoms with Crippen molar-refractivity contribution in [3.63, 3.8) is 0 Å². The lowest BCUT2D eigenvalue weighted by Crippen LogP contribution is -2.27. The second kappa shape index (κ2) is 6.15. The molecule has 0 saturated carbocycles. The Kier molecular flexibility index (Phi) is 4.51. The van der Waals surface area contributed by atoms with E-state index < -0.39 is 6.04 Å². The third kappa shape index (κ3) is 3.43. The fourth-order valence-corrected chi connectivity index (χ4v) is 2.17. The van der Waals surface area contributed by atoms with Crippen LogP contribution in [0, 0.1) is 12.1 Å². The Hall–Kier alpha value is -1.73. The van der Waals surface area contributed by atoms with Gasteiger partial charge in [-0.05, 0) is 26.0 Å². The van der Waals surface area contributed by atoms with Gasteiger partial charge >= 0.3 is 0 Å². The fraction of sp³-hybridized carbons (Fsp3) is 0.250. The summed E-state index contributed by atoms with van der Waals surface area (Å²) in [5.41, 5.74) is 3.03. The number of carbonyl (C=O) groups excluding carboxylic acids is 1. The third-order valence-corrected chi connectivity index (χ3v) is 3.77. The SMILES string of the molecule is Cc1nn([C@H](C)C(=O)N/N=C\c2ccc(F)s2)cc1Cl. The molecule has 0 spiro atoms. The first kappa shape index (κ1) is 14.7. The van der Waals surface area contributed by atoms with E-state index >= 15 is 0 Å². The highest BCUT2D eigenvalue weighted by molar-refractivity contribution is 7.12. The Labute approximate surface area is 124 Å². The van der Waals surface area contributed by atoms with Gasteiger partial charge in [-0.1, -0.05) is 11.6 Å². The van der Waals surface area contributed by atoms with Gasteiger partial charge in [0.1, 0.15) is 6.04 Å². The molecule has 2 rings (SSSR count). The van der Waals surface area contributed by atoms with E-state index in [1.165, 1.54) is 17.0 Å². The topological polar surface area (TPSA) is 59.3 Å². The first-order valence-electron chi connectivity index (χ1n) is 5.77. The van der Waals surface area contributed by atoms with E-state index in [-0.39, 0.29) is 11.0 Å². The van der Waals surface area contributed by atoms with Crippen LogP contribution in [-0.4, -0.2) is 21.9 Å². The van der Waals surface area contributed by atoms with Crippen molar-refractivity contribution >= 4 is 35.1 Å². The van der Waals surface area contributed by atoms with E-state index in [4.69, 9.17) is 11.6 Å². The summed E-state index contributed by atoms with van der Waals surface area (Å²) < 4.78 is 14.2. The second-order valence-corrected chi connectivity index (χ2v) is 5.57. The van der Waals surface area contributed by atoms with Crippen LogP contribution in [-0.2, 0) is 4.79 Å². The van der Waals surface area contributed by atoms with E-state index in [9.17, 15) is 9.18 Å². The summed E-state index contributed by atoms with van der Waals surface area (Å²) in [6.07, 6.45) is 2.97. The zero-order chi connectivity index (χ0) is 14.7. The number of hydrogen-bond donors (Lipinski definition) is 1. The standard InChI is InChI=1S/C12H12ClFN4OS/c1-7-10(13)6-18(17-7)8(2)12(19)16-15-5-9-3-4-11(14)20-9/h3-6,8H,1-2H3,(H,16,19)/b15-5-/t8-/m1/s1. The number of amides is 1. The van der Waals surface area contributed by atoms with Crippen LogP contribution >= 0.6 is 22.9 Å². The summed E-state index contributed by atoms with van der Waals surface area (Å²) in [6.45, 7) is 3.44. The Morgan fingerprint density at radius 2 is 2.40 bits per heavy atom. The molecule has 1 atom stereocenters. The molecule has 0 unspecified atom stereocenters. The van der Waals surface area contributed by atoms with E-state index in [2.05, 4.69) is 15.6 Å². The predicted molar refractivity (Wildman–Crippen MR) is 76.7 cm³/mol. The van der Waals surface area contributed by atoms with Crippen LogP contribution in [0.3, 0.4) is 0 Å². The molecule has 1 amide bonds. The average Bonchev–Trinajstić information content (AvgIpc) is 2.96. The lowest BCUT2D eigenvalue weighted by atomic mass is 10.3. The number of carbonyl (C=O) groups is 1. The lowest BCUT2D eigenvalue weighted by Gasteiger charge is -2.09. The molecule has 8 heteroatoms. The maximum Gasteiger partial charge on any atom is 0.264 e. The van der Waals surface area contributed by atoms with Crippen LogP contribution in [0.25, 0.3) is 0 Å². The molecule has 0 aromatic carbocycles. The largest absolute Gasteiger partial charge is 0.271 e. The summed E-state index contributed by atoms with van der Waals surface area (Å²) in [5, 5.41) is 8.10. The van der Waals surface area contributed by atoms with Crippen molar-refractivity contribution in [2.45, 2.75) is 19.9 Å². The number of nitrogens with one attached hydrogen (secondary N) is 1. The Morgan fingerprint density at radius 3 is 2.95 bits per heavy atom. The molecular formula is C12H12ClFN4OS. The first-order chi connectivity index (χ1) is 9.47. The molecule has 5 nitrogen and oxygen atoms in total. The summed E-state index contributed by atoms with van der Waals surface area (Å²) >= 11 is 6.83. The van der Waals surface area contributed by atoms with Crippen molar-refractivity contribution < 1.29 is 9.18 Å². The van der Waals surface area contributed by atoms with Gasteiger partial charge in [0, 0.05) is 6.20 Å². The second-order valence-electron chi connectivity index (χ2n) is 4.09. The molecule has 1 N–H and O–H groups in total. The van der Waals surface area contributed by atoms with Crippen LogP contribution in [0.4, 0.5) is 4.39 Å². The van der Waals surface area contributed by atoms with E-state index in [1.54, 1.807) is 26.1 Å². The van der Waals surface area contributed by atoms with Gasteiger partial charge in [-0.25, -0.2) is 5.43 Å². The Balaban J connectivity index is 1.96. The van der Waals surface area contributed by atoms with Crippen LogP contribution in [0.5, 0.6) is 0 Å². The number of rotatable bonds is 4. The summed E-state index contributed by atoms with van der Waals surface area (Å²) in [6, 6.07) is 2.37. The normalized spacial score (nSPS) is 12.8. The van der Waals surface area contributed by atoms with E-state index in [0.717, 1.165) is 11.3 Å².